The third-order valence-corrected chi connectivity index (χ3v) is 3.65. The Morgan fingerprint density at radius 3 is 2.56 bits per heavy atom. The minimum Gasteiger partial charge on any atom is -0.374 e. The summed E-state index contributed by atoms with van der Waals surface area (Å²) in [5, 5.41) is 0. The second-order valence-corrected chi connectivity index (χ2v) is 4.80. The molecule has 1 aromatic carbocycles. The van der Waals surface area contributed by atoms with Crippen molar-refractivity contribution in [1.29, 1.82) is 0 Å². The number of hydrogen-bond donors (Lipinski definition) is 2. The smallest absolute Gasteiger partial charge is 0.0858 e. The first-order valence-corrected chi connectivity index (χ1v) is 6.80. The number of nitrogens with two attached hydrogens (primary N) is 1. The molecule has 0 fully saturated rings. The van der Waals surface area contributed by atoms with Gasteiger partial charge in [-0.25, -0.2) is 0 Å². The number of benzene rings is 1. The van der Waals surface area contributed by atoms with Crippen molar-refractivity contribution >= 4 is 0 Å². The van der Waals surface area contributed by atoms with Crippen molar-refractivity contribution in [2.45, 2.75) is 52.2 Å². The second kappa shape index (κ2) is 6.88. The Balaban J connectivity index is 3.06. The lowest BCUT2D eigenvalue weighted by Gasteiger charge is -2.36. The summed E-state index contributed by atoms with van der Waals surface area (Å²) in [6, 6.07) is 8.55. The van der Waals surface area contributed by atoms with Crippen LogP contribution in [0.4, 0.5) is 0 Å². The molecular weight excluding hydrogens is 224 g/mol. The number of rotatable bonds is 7. The maximum atomic E-state index is 5.92. The third kappa shape index (κ3) is 3.31. The average molecular weight is 250 g/mol. The van der Waals surface area contributed by atoms with Gasteiger partial charge in [0.05, 0.1) is 11.6 Å². The van der Waals surface area contributed by atoms with Crippen molar-refractivity contribution in [3.8, 4) is 0 Å². The minimum absolute atomic E-state index is 0.00829. The Bertz CT molecular complexity index is 367. The van der Waals surface area contributed by atoms with Gasteiger partial charge in [-0.1, -0.05) is 38.1 Å². The van der Waals surface area contributed by atoms with Crippen molar-refractivity contribution < 1.29 is 4.74 Å². The molecule has 0 aliphatic carbocycles. The molecule has 0 saturated heterocycles. The van der Waals surface area contributed by atoms with Gasteiger partial charge < -0.3 is 4.74 Å². The molecule has 0 saturated carbocycles. The maximum Gasteiger partial charge on any atom is 0.0858 e. The molecule has 1 rings (SSSR count). The van der Waals surface area contributed by atoms with Crippen molar-refractivity contribution in [2.24, 2.45) is 5.84 Å². The molecule has 0 aromatic heterocycles. The normalized spacial score (nSPS) is 16.3. The van der Waals surface area contributed by atoms with Crippen LogP contribution in [0.5, 0.6) is 0 Å². The van der Waals surface area contributed by atoms with Crippen LogP contribution in [0.1, 0.15) is 51.3 Å². The maximum absolute atomic E-state index is 5.92. The molecule has 102 valence electrons. The van der Waals surface area contributed by atoms with E-state index in [1.165, 1.54) is 11.1 Å². The van der Waals surface area contributed by atoms with E-state index in [9.17, 15) is 0 Å². The number of hydrogen-bond acceptors (Lipinski definition) is 3. The van der Waals surface area contributed by atoms with Gasteiger partial charge in [-0.3, -0.25) is 11.3 Å². The highest BCUT2D eigenvalue weighted by atomic mass is 16.5. The summed E-state index contributed by atoms with van der Waals surface area (Å²) in [7, 11) is 0. The van der Waals surface area contributed by atoms with Gasteiger partial charge >= 0.3 is 0 Å². The number of hydrazine groups is 1. The monoisotopic (exact) mass is 250 g/mol. The first-order chi connectivity index (χ1) is 8.61. The van der Waals surface area contributed by atoms with Gasteiger partial charge in [0.2, 0.25) is 0 Å². The van der Waals surface area contributed by atoms with E-state index in [0.717, 1.165) is 12.8 Å². The van der Waals surface area contributed by atoms with Crippen molar-refractivity contribution in [3.05, 3.63) is 35.4 Å². The molecule has 2 unspecified atom stereocenters. The first kappa shape index (κ1) is 15.2. The molecule has 0 amide bonds. The van der Waals surface area contributed by atoms with E-state index in [-0.39, 0.29) is 11.6 Å². The van der Waals surface area contributed by atoms with Crippen molar-refractivity contribution in [3.63, 3.8) is 0 Å². The fourth-order valence-corrected chi connectivity index (χ4v) is 2.34. The van der Waals surface area contributed by atoms with E-state index in [4.69, 9.17) is 10.6 Å². The van der Waals surface area contributed by atoms with Crippen LogP contribution in [-0.4, -0.2) is 12.2 Å². The van der Waals surface area contributed by atoms with E-state index < -0.39 is 0 Å². The lowest BCUT2D eigenvalue weighted by atomic mass is 9.87. The Labute approximate surface area is 111 Å². The number of nitrogens with one attached hydrogen (secondary N) is 1. The van der Waals surface area contributed by atoms with Gasteiger partial charge in [0.25, 0.3) is 0 Å². The average Bonchev–Trinajstić information content (AvgIpc) is 2.40. The summed E-state index contributed by atoms with van der Waals surface area (Å²) >= 11 is 0. The van der Waals surface area contributed by atoms with Crippen molar-refractivity contribution in [2.75, 3.05) is 6.61 Å². The largest absolute Gasteiger partial charge is 0.374 e. The highest BCUT2D eigenvalue weighted by molar-refractivity contribution is 5.28. The molecule has 0 spiro atoms. The van der Waals surface area contributed by atoms with Gasteiger partial charge in [0, 0.05) is 6.61 Å². The van der Waals surface area contributed by atoms with Crippen molar-refractivity contribution in [1.82, 2.24) is 5.43 Å². The molecule has 1 aromatic rings. The van der Waals surface area contributed by atoms with E-state index in [2.05, 4.69) is 50.5 Å². The summed E-state index contributed by atoms with van der Waals surface area (Å²) in [5.41, 5.74) is 5.15. The SMILES string of the molecule is CCOC(C)(CC)C(NN)c1cccc(CC)c1. The summed E-state index contributed by atoms with van der Waals surface area (Å²) < 4.78 is 5.92. The lowest BCUT2D eigenvalue weighted by Crippen LogP contribution is -2.46. The Morgan fingerprint density at radius 2 is 2.06 bits per heavy atom. The molecule has 3 N–H and O–H groups in total. The molecule has 3 heteroatoms. The van der Waals surface area contributed by atoms with Gasteiger partial charge in [0.1, 0.15) is 0 Å². The molecule has 0 bridgehead atoms. The molecule has 0 heterocycles. The Morgan fingerprint density at radius 1 is 1.33 bits per heavy atom. The summed E-state index contributed by atoms with van der Waals surface area (Å²) in [6.07, 6.45) is 1.94. The fourth-order valence-electron chi connectivity index (χ4n) is 2.34. The minimum atomic E-state index is -0.282. The van der Waals surface area contributed by atoms with Crippen LogP contribution in [-0.2, 0) is 11.2 Å². The fraction of sp³-hybridized carbons (Fsp3) is 0.600. The zero-order valence-corrected chi connectivity index (χ0v) is 12.0. The number of ether oxygens (including phenoxy) is 1. The van der Waals surface area contributed by atoms with Crippen LogP contribution < -0.4 is 11.3 Å². The molecule has 0 aliphatic rings. The highest BCUT2D eigenvalue weighted by Gasteiger charge is 2.33. The summed E-state index contributed by atoms with van der Waals surface area (Å²) in [6.45, 7) is 9.11. The molecule has 0 radical (unpaired) electrons. The predicted octanol–water partition coefficient (Wildman–Crippen LogP) is 2.96. The zero-order chi connectivity index (χ0) is 13.6. The Kier molecular flexibility index (Phi) is 5.79. The van der Waals surface area contributed by atoms with E-state index >= 15 is 0 Å². The lowest BCUT2D eigenvalue weighted by molar-refractivity contribution is -0.0564. The number of aryl methyl sites for hydroxylation is 1. The van der Waals surface area contributed by atoms with Gasteiger partial charge in [-0.15, -0.1) is 0 Å². The van der Waals surface area contributed by atoms with Gasteiger partial charge in [0.15, 0.2) is 0 Å². The predicted molar refractivity (Wildman–Crippen MR) is 76.2 cm³/mol. The molecule has 18 heavy (non-hydrogen) atoms. The van der Waals surface area contributed by atoms with Crippen LogP contribution in [0.25, 0.3) is 0 Å². The molecule has 2 atom stereocenters. The highest BCUT2D eigenvalue weighted by Crippen LogP contribution is 2.32. The first-order valence-electron chi connectivity index (χ1n) is 6.80. The Hall–Kier alpha value is -0.900. The summed E-state index contributed by atoms with van der Waals surface area (Å²) in [4.78, 5) is 0. The summed E-state index contributed by atoms with van der Waals surface area (Å²) in [5.74, 6) is 5.76. The quantitative estimate of drug-likeness (QED) is 0.578. The van der Waals surface area contributed by atoms with E-state index in [1.807, 2.05) is 6.92 Å². The van der Waals surface area contributed by atoms with Gasteiger partial charge in [-0.05, 0) is 37.8 Å². The van der Waals surface area contributed by atoms with Crippen LogP contribution in [0, 0.1) is 0 Å². The molecule has 3 nitrogen and oxygen atoms in total. The van der Waals surface area contributed by atoms with Crippen LogP contribution in [0.15, 0.2) is 24.3 Å². The zero-order valence-electron chi connectivity index (χ0n) is 12.0. The second-order valence-electron chi connectivity index (χ2n) is 4.80. The standard InChI is InChI=1S/C15H26N2O/c1-5-12-9-8-10-13(11-12)14(17-16)15(4,6-2)18-7-3/h8-11,14,17H,5-7,16H2,1-4H3. The van der Waals surface area contributed by atoms with E-state index in [1.54, 1.807) is 0 Å². The third-order valence-electron chi connectivity index (χ3n) is 3.65. The van der Waals surface area contributed by atoms with Gasteiger partial charge in [-0.2, -0.15) is 0 Å². The topological polar surface area (TPSA) is 47.3 Å². The van der Waals surface area contributed by atoms with E-state index in [0.29, 0.717) is 6.61 Å². The molecular formula is C15H26N2O. The van der Waals surface area contributed by atoms with Crippen LogP contribution in [0.3, 0.4) is 0 Å². The van der Waals surface area contributed by atoms with Crippen LogP contribution in [0.2, 0.25) is 0 Å². The van der Waals surface area contributed by atoms with Crippen LogP contribution >= 0.6 is 0 Å². The molecule has 0 aliphatic heterocycles.